The molecule has 84 valence electrons. The molecule has 0 aliphatic rings. The summed E-state index contributed by atoms with van der Waals surface area (Å²) in [4.78, 5) is 0. The lowest BCUT2D eigenvalue weighted by molar-refractivity contribution is 0.626. The van der Waals surface area contributed by atoms with Gasteiger partial charge in [-0.25, -0.2) is 9.07 Å². The fraction of sp³-hybridized carbons (Fsp3) is 0.250. The van der Waals surface area contributed by atoms with Gasteiger partial charge in [0.05, 0.1) is 11.9 Å². The molecule has 0 saturated carbocycles. The molecule has 0 fully saturated rings. The second-order valence-corrected chi connectivity index (χ2v) is 4.05. The third kappa shape index (κ3) is 2.02. The highest BCUT2D eigenvalue weighted by molar-refractivity contribution is 9.08. The fourth-order valence-corrected chi connectivity index (χ4v) is 2.17. The van der Waals surface area contributed by atoms with Crippen molar-refractivity contribution in [2.24, 2.45) is 0 Å². The monoisotopic (exact) mass is 282 g/mol. The average molecular weight is 283 g/mol. The molecule has 4 heteroatoms. The molecule has 1 aromatic carbocycles. The van der Waals surface area contributed by atoms with Crippen LogP contribution in [0.25, 0.3) is 5.69 Å². The highest BCUT2D eigenvalue weighted by atomic mass is 79.9. The van der Waals surface area contributed by atoms with Crippen LogP contribution in [0.4, 0.5) is 4.39 Å². The van der Waals surface area contributed by atoms with Crippen LogP contribution < -0.4 is 0 Å². The summed E-state index contributed by atoms with van der Waals surface area (Å²) in [6.07, 6.45) is 2.75. The Bertz CT molecular complexity index is 476. The van der Waals surface area contributed by atoms with E-state index < -0.39 is 0 Å². The maximum absolute atomic E-state index is 12.8. The molecule has 2 rings (SSSR count). The van der Waals surface area contributed by atoms with Crippen molar-refractivity contribution in [3.63, 3.8) is 0 Å². The van der Waals surface area contributed by atoms with Crippen LogP contribution in [0.2, 0.25) is 0 Å². The van der Waals surface area contributed by atoms with E-state index in [9.17, 15) is 4.39 Å². The van der Waals surface area contributed by atoms with E-state index in [4.69, 9.17) is 0 Å². The highest BCUT2D eigenvalue weighted by Gasteiger charge is 2.09. The Morgan fingerprint density at radius 3 is 2.56 bits per heavy atom. The minimum absolute atomic E-state index is 0.227. The number of aromatic nitrogens is 2. The van der Waals surface area contributed by atoms with E-state index in [2.05, 4.69) is 28.0 Å². The zero-order chi connectivity index (χ0) is 11.5. The van der Waals surface area contributed by atoms with Gasteiger partial charge in [0.1, 0.15) is 5.82 Å². The quantitative estimate of drug-likeness (QED) is 0.789. The van der Waals surface area contributed by atoms with Crippen molar-refractivity contribution in [3.8, 4) is 5.69 Å². The predicted molar refractivity (Wildman–Crippen MR) is 65.5 cm³/mol. The molecule has 0 aliphatic heterocycles. The Morgan fingerprint density at radius 1 is 1.31 bits per heavy atom. The number of hydrogen-bond acceptors (Lipinski definition) is 1. The van der Waals surface area contributed by atoms with E-state index in [1.54, 1.807) is 12.1 Å². The Balaban J connectivity index is 2.47. The van der Waals surface area contributed by atoms with E-state index in [-0.39, 0.29) is 5.82 Å². The molecule has 0 bridgehead atoms. The Labute approximate surface area is 102 Å². The molecular formula is C12H12BrFN2. The first-order chi connectivity index (χ1) is 7.76. The van der Waals surface area contributed by atoms with E-state index in [0.29, 0.717) is 0 Å². The summed E-state index contributed by atoms with van der Waals surface area (Å²) in [5, 5.41) is 5.11. The molecular weight excluding hydrogens is 271 g/mol. The Kier molecular flexibility index (Phi) is 3.39. The molecule has 0 N–H and O–H groups in total. The summed E-state index contributed by atoms with van der Waals surface area (Å²) >= 11 is 3.43. The van der Waals surface area contributed by atoms with Crippen molar-refractivity contribution >= 4 is 15.9 Å². The molecule has 2 nitrogen and oxygen atoms in total. The fourth-order valence-electron chi connectivity index (χ4n) is 1.70. The molecule has 1 heterocycles. The van der Waals surface area contributed by atoms with Gasteiger partial charge in [0.15, 0.2) is 0 Å². The molecule has 0 aliphatic carbocycles. The summed E-state index contributed by atoms with van der Waals surface area (Å²) in [6, 6.07) is 6.37. The van der Waals surface area contributed by atoms with Crippen molar-refractivity contribution in [1.82, 2.24) is 9.78 Å². The van der Waals surface area contributed by atoms with Crippen LogP contribution in [-0.4, -0.2) is 9.78 Å². The van der Waals surface area contributed by atoms with Gasteiger partial charge in [0.25, 0.3) is 0 Å². The van der Waals surface area contributed by atoms with Crippen molar-refractivity contribution in [2.45, 2.75) is 18.7 Å². The van der Waals surface area contributed by atoms with Gasteiger partial charge in [-0.3, -0.25) is 0 Å². The van der Waals surface area contributed by atoms with Crippen molar-refractivity contribution < 1.29 is 4.39 Å². The molecule has 16 heavy (non-hydrogen) atoms. The van der Waals surface area contributed by atoms with E-state index in [1.807, 2.05) is 10.9 Å². The number of alkyl halides is 1. The predicted octanol–water partition coefficient (Wildman–Crippen LogP) is 3.47. The molecule has 0 radical (unpaired) electrons. The van der Waals surface area contributed by atoms with Crippen molar-refractivity contribution in [3.05, 3.63) is 47.5 Å². The summed E-state index contributed by atoms with van der Waals surface area (Å²) in [5.74, 6) is -0.227. The number of hydrogen-bond donors (Lipinski definition) is 0. The van der Waals surface area contributed by atoms with Gasteiger partial charge < -0.3 is 0 Å². The summed E-state index contributed by atoms with van der Waals surface area (Å²) < 4.78 is 14.7. The summed E-state index contributed by atoms with van der Waals surface area (Å²) in [6.45, 7) is 2.09. The smallest absolute Gasteiger partial charge is 0.123 e. The van der Waals surface area contributed by atoms with E-state index in [1.165, 1.54) is 17.7 Å². The van der Waals surface area contributed by atoms with Crippen LogP contribution in [0.5, 0.6) is 0 Å². The van der Waals surface area contributed by atoms with Gasteiger partial charge in [0.2, 0.25) is 0 Å². The zero-order valence-electron chi connectivity index (χ0n) is 8.95. The van der Waals surface area contributed by atoms with Crippen LogP contribution in [-0.2, 0) is 11.8 Å². The normalized spacial score (nSPS) is 10.7. The van der Waals surface area contributed by atoms with Crippen LogP contribution in [0, 0.1) is 5.82 Å². The minimum atomic E-state index is -0.227. The second-order valence-electron chi connectivity index (χ2n) is 3.49. The number of nitrogens with zero attached hydrogens (tertiary/aromatic N) is 2. The first-order valence-corrected chi connectivity index (χ1v) is 6.26. The standard InChI is InChI=1S/C12H12BrFN2/c1-2-12-9(7-13)8-15-16(12)11-5-3-10(14)4-6-11/h3-6,8H,2,7H2,1H3. The third-order valence-electron chi connectivity index (χ3n) is 2.51. The Morgan fingerprint density at radius 2 is 2.00 bits per heavy atom. The van der Waals surface area contributed by atoms with Crippen molar-refractivity contribution in [1.29, 1.82) is 0 Å². The largest absolute Gasteiger partial charge is 0.238 e. The number of rotatable bonds is 3. The lowest BCUT2D eigenvalue weighted by Gasteiger charge is -2.06. The topological polar surface area (TPSA) is 17.8 Å². The molecule has 1 aromatic heterocycles. The van der Waals surface area contributed by atoms with Crippen LogP contribution in [0.15, 0.2) is 30.5 Å². The van der Waals surface area contributed by atoms with Gasteiger partial charge in [-0.15, -0.1) is 0 Å². The van der Waals surface area contributed by atoms with Gasteiger partial charge in [-0.1, -0.05) is 22.9 Å². The SMILES string of the molecule is CCc1c(CBr)cnn1-c1ccc(F)cc1. The lowest BCUT2D eigenvalue weighted by atomic mass is 10.2. The number of halogens is 2. The minimum Gasteiger partial charge on any atom is -0.238 e. The third-order valence-corrected chi connectivity index (χ3v) is 3.11. The summed E-state index contributed by atoms with van der Waals surface area (Å²) in [7, 11) is 0. The van der Waals surface area contributed by atoms with Gasteiger partial charge >= 0.3 is 0 Å². The van der Waals surface area contributed by atoms with E-state index >= 15 is 0 Å². The molecule has 0 unspecified atom stereocenters. The average Bonchev–Trinajstić information content (AvgIpc) is 2.72. The molecule has 0 saturated heterocycles. The maximum Gasteiger partial charge on any atom is 0.123 e. The zero-order valence-corrected chi connectivity index (χ0v) is 10.5. The lowest BCUT2D eigenvalue weighted by Crippen LogP contribution is -2.02. The second kappa shape index (κ2) is 4.78. The van der Waals surface area contributed by atoms with Gasteiger partial charge in [-0.05, 0) is 30.7 Å². The Hall–Kier alpha value is -1.16. The molecule has 0 spiro atoms. The van der Waals surface area contributed by atoms with E-state index in [0.717, 1.165) is 23.1 Å². The summed E-state index contributed by atoms with van der Waals surface area (Å²) in [5.41, 5.74) is 3.22. The molecule has 0 atom stereocenters. The van der Waals surface area contributed by atoms with Crippen molar-refractivity contribution in [2.75, 3.05) is 0 Å². The molecule has 2 aromatic rings. The van der Waals surface area contributed by atoms with Crippen LogP contribution in [0.3, 0.4) is 0 Å². The van der Waals surface area contributed by atoms with Gasteiger partial charge in [-0.2, -0.15) is 5.10 Å². The number of benzene rings is 1. The molecule has 0 amide bonds. The van der Waals surface area contributed by atoms with Gasteiger partial charge in [0, 0.05) is 16.6 Å². The first kappa shape index (κ1) is 11.3. The first-order valence-electron chi connectivity index (χ1n) is 5.14. The highest BCUT2D eigenvalue weighted by Crippen LogP contribution is 2.18. The van der Waals surface area contributed by atoms with Crippen LogP contribution >= 0.6 is 15.9 Å². The maximum atomic E-state index is 12.8. The van der Waals surface area contributed by atoms with Crippen LogP contribution in [0.1, 0.15) is 18.2 Å².